The first-order valence-corrected chi connectivity index (χ1v) is 8.06. The van der Waals surface area contributed by atoms with Crippen LogP contribution < -0.4 is 5.73 Å². The minimum absolute atomic E-state index is 0.0445. The molecule has 4 nitrogen and oxygen atoms in total. The van der Waals surface area contributed by atoms with Crippen molar-refractivity contribution < 1.29 is 14.3 Å². The highest BCUT2D eigenvalue weighted by molar-refractivity contribution is 5.96. The zero-order chi connectivity index (χ0) is 16.4. The number of esters is 1. The van der Waals surface area contributed by atoms with E-state index in [1.54, 1.807) is 12.1 Å². The Morgan fingerprint density at radius 3 is 2.45 bits per heavy atom. The highest BCUT2D eigenvalue weighted by Crippen LogP contribution is 2.10. The topological polar surface area (TPSA) is 69.4 Å². The van der Waals surface area contributed by atoms with E-state index in [2.05, 4.69) is 6.92 Å². The maximum absolute atomic E-state index is 12.0. The number of Topliss-reactive ketones (excluding diaryl/α,β-unsaturated/α-hetero) is 1. The van der Waals surface area contributed by atoms with Gasteiger partial charge in [0.1, 0.15) is 0 Å². The number of hydrogen-bond donors (Lipinski definition) is 1. The van der Waals surface area contributed by atoms with Gasteiger partial charge in [-0.1, -0.05) is 50.1 Å². The van der Waals surface area contributed by atoms with E-state index in [1.807, 2.05) is 25.1 Å². The van der Waals surface area contributed by atoms with E-state index in [9.17, 15) is 9.59 Å². The highest BCUT2D eigenvalue weighted by Gasteiger charge is 2.17. The van der Waals surface area contributed by atoms with Gasteiger partial charge in [-0.3, -0.25) is 9.59 Å². The molecule has 1 aromatic rings. The monoisotopic (exact) mass is 305 g/mol. The molecule has 1 rings (SSSR count). The molecule has 0 bridgehead atoms. The number of hydrogen-bond acceptors (Lipinski definition) is 4. The summed E-state index contributed by atoms with van der Waals surface area (Å²) in [5.41, 5.74) is 6.51. The van der Waals surface area contributed by atoms with Crippen molar-refractivity contribution in [3.63, 3.8) is 0 Å². The van der Waals surface area contributed by atoms with Crippen molar-refractivity contribution in [2.75, 3.05) is 0 Å². The number of carbonyl (C=O) groups is 2. The minimum atomic E-state index is -0.497. The predicted octanol–water partition coefficient (Wildman–Crippen LogP) is 3.49. The second kappa shape index (κ2) is 10.1. The molecular formula is C18H27NO3. The molecule has 4 heteroatoms. The summed E-state index contributed by atoms with van der Waals surface area (Å²) in [5.74, 6) is -0.366. The second-order valence-electron chi connectivity index (χ2n) is 5.75. The Hall–Kier alpha value is -1.68. The van der Waals surface area contributed by atoms with Gasteiger partial charge >= 0.3 is 5.97 Å². The SMILES string of the molecule is CCCCCC(C)OC(=O)CC(N)CC(=O)c1ccccc1. The fraction of sp³-hybridized carbons (Fsp3) is 0.556. The molecule has 0 aliphatic heterocycles. The molecule has 2 N–H and O–H groups in total. The number of nitrogens with two attached hydrogens (primary N) is 1. The van der Waals surface area contributed by atoms with Crippen LogP contribution in [0.5, 0.6) is 0 Å². The predicted molar refractivity (Wildman–Crippen MR) is 87.7 cm³/mol. The van der Waals surface area contributed by atoms with Crippen molar-refractivity contribution in [3.05, 3.63) is 35.9 Å². The van der Waals surface area contributed by atoms with Crippen molar-refractivity contribution in [1.82, 2.24) is 0 Å². The lowest BCUT2D eigenvalue weighted by Gasteiger charge is -2.15. The summed E-state index contributed by atoms with van der Waals surface area (Å²) in [6.45, 7) is 4.04. The van der Waals surface area contributed by atoms with E-state index >= 15 is 0 Å². The molecule has 0 amide bonds. The van der Waals surface area contributed by atoms with Gasteiger partial charge in [0.05, 0.1) is 12.5 Å². The Labute approximate surface area is 133 Å². The zero-order valence-electron chi connectivity index (χ0n) is 13.6. The Kier molecular flexibility index (Phi) is 8.44. The van der Waals surface area contributed by atoms with Crippen molar-refractivity contribution in [1.29, 1.82) is 0 Å². The Bertz CT molecular complexity index is 459. The van der Waals surface area contributed by atoms with E-state index in [0.717, 1.165) is 25.7 Å². The quantitative estimate of drug-likeness (QED) is 0.408. The average molecular weight is 305 g/mol. The molecule has 2 unspecified atom stereocenters. The van der Waals surface area contributed by atoms with Crippen LogP contribution in [-0.4, -0.2) is 23.9 Å². The molecule has 0 aliphatic carbocycles. The summed E-state index contributed by atoms with van der Waals surface area (Å²) in [6, 6.07) is 8.49. The number of rotatable bonds is 10. The van der Waals surface area contributed by atoms with Crippen LogP contribution >= 0.6 is 0 Å². The number of ketones is 1. The van der Waals surface area contributed by atoms with Gasteiger partial charge in [-0.05, 0) is 19.8 Å². The smallest absolute Gasteiger partial charge is 0.307 e. The lowest BCUT2D eigenvalue weighted by Crippen LogP contribution is -2.29. The van der Waals surface area contributed by atoms with Crippen molar-refractivity contribution in [2.45, 2.75) is 64.5 Å². The second-order valence-corrected chi connectivity index (χ2v) is 5.75. The van der Waals surface area contributed by atoms with Crippen LogP contribution in [-0.2, 0) is 9.53 Å². The molecule has 2 atom stereocenters. The summed E-state index contributed by atoms with van der Waals surface area (Å²) >= 11 is 0. The highest BCUT2D eigenvalue weighted by atomic mass is 16.5. The summed E-state index contributed by atoms with van der Waals surface area (Å²) in [6.07, 6.45) is 4.37. The number of carbonyl (C=O) groups excluding carboxylic acids is 2. The number of benzene rings is 1. The van der Waals surface area contributed by atoms with Crippen LogP contribution in [0.1, 0.15) is 62.7 Å². The third kappa shape index (κ3) is 7.36. The summed E-state index contributed by atoms with van der Waals surface area (Å²) in [7, 11) is 0. The van der Waals surface area contributed by atoms with Gasteiger partial charge in [-0.25, -0.2) is 0 Å². The molecule has 0 spiro atoms. The third-order valence-corrected chi connectivity index (χ3v) is 3.52. The van der Waals surface area contributed by atoms with Crippen molar-refractivity contribution >= 4 is 11.8 Å². The van der Waals surface area contributed by atoms with Crippen molar-refractivity contribution in [2.24, 2.45) is 5.73 Å². The van der Waals surface area contributed by atoms with E-state index in [-0.39, 0.29) is 30.7 Å². The first-order valence-electron chi connectivity index (χ1n) is 8.06. The lowest BCUT2D eigenvalue weighted by molar-refractivity contribution is -0.148. The first-order chi connectivity index (χ1) is 10.5. The van der Waals surface area contributed by atoms with Gasteiger partial charge in [-0.15, -0.1) is 0 Å². The number of ether oxygens (including phenoxy) is 1. The summed E-state index contributed by atoms with van der Waals surface area (Å²) < 4.78 is 5.32. The Morgan fingerprint density at radius 1 is 1.14 bits per heavy atom. The molecular weight excluding hydrogens is 278 g/mol. The Balaban J connectivity index is 2.30. The number of unbranched alkanes of at least 4 members (excludes halogenated alkanes) is 2. The largest absolute Gasteiger partial charge is 0.463 e. The van der Waals surface area contributed by atoms with E-state index in [4.69, 9.17) is 10.5 Å². The zero-order valence-corrected chi connectivity index (χ0v) is 13.6. The summed E-state index contributed by atoms with van der Waals surface area (Å²) in [5, 5.41) is 0. The van der Waals surface area contributed by atoms with Crippen LogP contribution in [0, 0.1) is 0 Å². The standard InChI is InChI=1S/C18H27NO3/c1-3-4-6-9-14(2)22-18(21)13-16(19)12-17(20)15-10-7-5-8-11-15/h5,7-8,10-11,14,16H,3-4,6,9,12-13,19H2,1-2H3. The van der Waals surface area contributed by atoms with Gasteiger partial charge in [-0.2, -0.15) is 0 Å². The average Bonchev–Trinajstić information content (AvgIpc) is 2.47. The molecule has 0 heterocycles. The fourth-order valence-electron chi connectivity index (χ4n) is 2.28. The fourth-order valence-corrected chi connectivity index (χ4v) is 2.28. The molecule has 0 aliphatic rings. The molecule has 22 heavy (non-hydrogen) atoms. The lowest BCUT2D eigenvalue weighted by atomic mass is 10.0. The van der Waals surface area contributed by atoms with Crippen LogP contribution in [0.4, 0.5) is 0 Å². The van der Waals surface area contributed by atoms with Gasteiger partial charge in [0.15, 0.2) is 5.78 Å². The maximum atomic E-state index is 12.0. The molecule has 0 aromatic heterocycles. The molecule has 0 fully saturated rings. The third-order valence-electron chi connectivity index (χ3n) is 3.52. The first kappa shape index (κ1) is 18.4. The van der Waals surface area contributed by atoms with Gasteiger partial charge < -0.3 is 10.5 Å². The van der Waals surface area contributed by atoms with E-state index in [0.29, 0.717) is 5.56 Å². The molecule has 122 valence electrons. The normalized spacial score (nSPS) is 13.4. The van der Waals surface area contributed by atoms with Crippen LogP contribution in [0.3, 0.4) is 0 Å². The van der Waals surface area contributed by atoms with Crippen LogP contribution in [0.2, 0.25) is 0 Å². The molecule has 1 aromatic carbocycles. The van der Waals surface area contributed by atoms with Gasteiger partial charge in [0.25, 0.3) is 0 Å². The van der Waals surface area contributed by atoms with Gasteiger partial charge in [0.2, 0.25) is 0 Å². The minimum Gasteiger partial charge on any atom is -0.463 e. The molecule has 0 radical (unpaired) electrons. The van der Waals surface area contributed by atoms with E-state index < -0.39 is 6.04 Å². The van der Waals surface area contributed by atoms with Crippen LogP contribution in [0.15, 0.2) is 30.3 Å². The van der Waals surface area contributed by atoms with Gasteiger partial charge in [0, 0.05) is 18.0 Å². The molecule has 0 saturated carbocycles. The summed E-state index contributed by atoms with van der Waals surface area (Å²) in [4.78, 5) is 23.8. The maximum Gasteiger partial charge on any atom is 0.307 e. The van der Waals surface area contributed by atoms with E-state index in [1.165, 1.54) is 0 Å². The van der Waals surface area contributed by atoms with Crippen molar-refractivity contribution in [3.8, 4) is 0 Å². The molecule has 0 saturated heterocycles. The Morgan fingerprint density at radius 2 is 1.82 bits per heavy atom. The van der Waals surface area contributed by atoms with Crippen LogP contribution in [0.25, 0.3) is 0 Å².